The number of hydrogen-bond acceptors (Lipinski definition) is 1. The van der Waals surface area contributed by atoms with E-state index in [1.807, 2.05) is 0 Å². The van der Waals surface area contributed by atoms with Crippen molar-refractivity contribution in [1.82, 2.24) is 0 Å². The molecule has 0 saturated heterocycles. The average molecular weight is 229 g/mol. The summed E-state index contributed by atoms with van der Waals surface area (Å²) in [5.41, 5.74) is 3.20. The predicted molar refractivity (Wildman–Crippen MR) is 73.4 cm³/mol. The Bertz CT molecular complexity index is 421. The quantitative estimate of drug-likeness (QED) is 0.703. The third kappa shape index (κ3) is 1.67. The van der Waals surface area contributed by atoms with Crippen LogP contribution in [0.3, 0.4) is 0 Å². The Balaban J connectivity index is 2.03. The van der Waals surface area contributed by atoms with Gasteiger partial charge in [0.15, 0.2) is 0 Å². The van der Waals surface area contributed by atoms with Gasteiger partial charge in [0.25, 0.3) is 0 Å². The molecule has 0 amide bonds. The maximum atomic E-state index is 3.78. The van der Waals surface area contributed by atoms with Gasteiger partial charge in [0, 0.05) is 11.7 Å². The smallest absolute Gasteiger partial charge is 0.0380 e. The summed E-state index contributed by atoms with van der Waals surface area (Å²) in [5, 5.41) is 3.78. The summed E-state index contributed by atoms with van der Waals surface area (Å²) < 4.78 is 0. The van der Waals surface area contributed by atoms with Crippen molar-refractivity contribution in [3.05, 3.63) is 29.8 Å². The molecule has 1 heterocycles. The summed E-state index contributed by atoms with van der Waals surface area (Å²) in [4.78, 5) is 0. The average Bonchev–Trinajstić information content (AvgIpc) is 2.28. The van der Waals surface area contributed by atoms with Gasteiger partial charge in [-0.15, -0.1) is 0 Å². The van der Waals surface area contributed by atoms with Crippen LogP contribution >= 0.6 is 0 Å². The largest absolute Gasteiger partial charge is 0.382 e. The summed E-state index contributed by atoms with van der Waals surface area (Å²) in [5.74, 6) is 1.68. The number of benzene rings is 1. The van der Waals surface area contributed by atoms with Crippen molar-refractivity contribution in [1.29, 1.82) is 0 Å². The van der Waals surface area contributed by atoms with Gasteiger partial charge in [0.1, 0.15) is 0 Å². The van der Waals surface area contributed by atoms with Gasteiger partial charge in [0.05, 0.1) is 0 Å². The third-order valence-electron chi connectivity index (χ3n) is 5.00. The summed E-state index contributed by atoms with van der Waals surface area (Å²) in [6.07, 6.45) is 4.11. The van der Waals surface area contributed by atoms with Gasteiger partial charge >= 0.3 is 0 Å². The van der Waals surface area contributed by atoms with Gasteiger partial charge in [-0.05, 0) is 41.7 Å². The van der Waals surface area contributed by atoms with Gasteiger partial charge < -0.3 is 5.32 Å². The van der Waals surface area contributed by atoms with Crippen LogP contribution in [-0.4, -0.2) is 6.04 Å². The molecule has 0 bridgehead atoms. The van der Waals surface area contributed by atoms with Gasteiger partial charge in [-0.3, -0.25) is 0 Å². The normalized spacial score (nSPS) is 34.4. The van der Waals surface area contributed by atoms with Crippen LogP contribution in [0.1, 0.15) is 45.6 Å². The molecule has 1 aliphatic carbocycles. The van der Waals surface area contributed by atoms with E-state index >= 15 is 0 Å². The van der Waals surface area contributed by atoms with Crippen molar-refractivity contribution in [3.63, 3.8) is 0 Å². The number of para-hydroxylation sites is 1. The highest BCUT2D eigenvalue weighted by atomic mass is 15.0. The Morgan fingerprint density at radius 3 is 2.76 bits per heavy atom. The topological polar surface area (TPSA) is 12.0 Å². The van der Waals surface area contributed by atoms with Gasteiger partial charge in [-0.2, -0.15) is 0 Å². The Labute approximate surface area is 105 Å². The molecule has 92 valence electrons. The molecule has 17 heavy (non-hydrogen) atoms. The van der Waals surface area contributed by atoms with Crippen molar-refractivity contribution < 1.29 is 0 Å². The van der Waals surface area contributed by atoms with E-state index in [1.54, 1.807) is 0 Å². The fourth-order valence-electron chi connectivity index (χ4n) is 3.97. The lowest BCUT2D eigenvalue weighted by Gasteiger charge is -2.49. The van der Waals surface area contributed by atoms with Crippen molar-refractivity contribution in [3.8, 4) is 0 Å². The molecule has 1 unspecified atom stereocenters. The van der Waals surface area contributed by atoms with Crippen LogP contribution in [0.4, 0.5) is 5.69 Å². The molecular weight excluding hydrogens is 206 g/mol. The van der Waals surface area contributed by atoms with E-state index in [9.17, 15) is 0 Å². The SMILES string of the molecule is CC1CC[C@@H]2[C@H](C1)Nc1ccccc1C2(C)C. The first-order chi connectivity index (χ1) is 8.09. The zero-order valence-corrected chi connectivity index (χ0v) is 11.2. The lowest BCUT2D eigenvalue weighted by molar-refractivity contribution is 0.174. The highest BCUT2D eigenvalue weighted by molar-refractivity contribution is 5.58. The fourth-order valence-corrected chi connectivity index (χ4v) is 3.97. The Kier molecular flexibility index (Phi) is 2.46. The molecule has 1 fully saturated rings. The van der Waals surface area contributed by atoms with E-state index < -0.39 is 0 Å². The molecule has 0 spiro atoms. The Hall–Kier alpha value is -0.980. The molecule has 0 radical (unpaired) electrons. The molecule has 1 N–H and O–H groups in total. The minimum Gasteiger partial charge on any atom is -0.382 e. The lowest BCUT2D eigenvalue weighted by Crippen LogP contribution is -2.48. The van der Waals surface area contributed by atoms with E-state index in [1.165, 1.54) is 30.5 Å². The fraction of sp³-hybridized carbons (Fsp3) is 0.625. The monoisotopic (exact) mass is 229 g/mol. The second-order valence-corrected chi connectivity index (χ2v) is 6.54. The third-order valence-corrected chi connectivity index (χ3v) is 5.00. The van der Waals surface area contributed by atoms with Crippen LogP contribution in [0.15, 0.2) is 24.3 Å². The van der Waals surface area contributed by atoms with Crippen molar-refractivity contribution in [2.45, 2.75) is 51.5 Å². The lowest BCUT2D eigenvalue weighted by atomic mass is 9.61. The second kappa shape index (κ2) is 3.76. The molecule has 1 aromatic rings. The predicted octanol–water partition coefficient (Wildman–Crippen LogP) is 4.19. The minimum atomic E-state index is 0.326. The van der Waals surface area contributed by atoms with Gasteiger partial charge in [0.2, 0.25) is 0 Å². The first kappa shape index (κ1) is 11.1. The van der Waals surface area contributed by atoms with Crippen molar-refractivity contribution >= 4 is 5.69 Å². The van der Waals surface area contributed by atoms with E-state index in [2.05, 4.69) is 50.4 Å². The van der Waals surface area contributed by atoms with Crippen LogP contribution in [-0.2, 0) is 5.41 Å². The van der Waals surface area contributed by atoms with Crippen LogP contribution in [0.2, 0.25) is 0 Å². The number of rotatable bonds is 0. The molecule has 1 aromatic carbocycles. The van der Waals surface area contributed by atoms with E-state index in [-0.39, 0.29) is 0 Å². The molecule has 1 nitrogen and oxygen atoms in total. The second-order valence-electron chi connectivity index (χ2n) is 6.54. The summed E-state index contributed by atoms with van der Waals surface area (Å²) >= 11 is 0. The first-order valence-electron chi connectivity index (χ1n) is 6.95. The van der Waals surface area contributed by atoms with Gasteiger partial charge in [-0.1, -0.05) is 45.4 Å². The van der Waals surface area contributed by atoms with Crippen LogP contribution in [0.5, 0.6) is 0 Å². The molecule has 1 aliphatic heterocycles. The zero-order chi connectivity index (χ0) is 12.0. The minimum absolute atomic E-state index is 0.326. The molecule has 3 atom stereocenters. The molecule has 2 aliphatic rings. The zero-order valence-electron chi connectivity index (χ0n) is 11.2. The maximum Gasteiger partial charge on any atom is 0.0380 e. The van der Waals surface area contributed by atoms with Crippen LogP contribution in [0, 0.1) is 11.8 Å². The highest BCUT2D eigenvalue weighted by Gasteiger charge is 2.44. The highest BCUT2D eigenvalue weighted by Crippen LogP contribution is 2.48. The van der Waals surface area contributed by atoms with E-state index in [4.69, 9.17) is 0 Å². The summed E-state index contributed by atoms with van der Waals surface area (Å²) in [6, 6.07) is 9.55. The molecule has 3 rings (SSSR count). The van der Waals surface area contributed by atoms with Crippen LogP contribution < -0.4 is 5.32 Å². The van der Waals surface area contributed by atoms with Gasteiger partial charge in [-0.25, -0.2) is 0 Å². The molecular formula is C16H23N. The molecule has 0 aromatic heterocycles. The van der Waals surface area contributed by atoms with Crippen molar-refractivity contribution in [2.24, 2.45) is 11.8 Å². The first-order valence-corrected chi connectivity index (χ1v) is 6.95. The van der Waals surface area contributed by atoms with Crippen molar-refractivity contribution in [2.75, 3.05) is 5.32 Å². The summed E-state index contributed by atoms with van der Waals surface area (Å²) in [7, 11) is 0. The van der Waals surface area contributed by atoms with E-state index in [0.717, 1.165) is 11.8 Å². The Morgan fingerprint density at radius 1 is 1.18 bits per heavy atom. The number of hydrogen-bond donors (Lipinski definition) is 1. The number of nitrogens with one attached hydrogen (secondary N) is 1. The number of anilines is 1. The maximum absolute atomic E-state index is 3.78. The summed E-state index contributed by atoms with van der Waals surface area (Å²) in [6.45, 7) is 7.26. The number of fused-ring (bicyclic) bond motifs is 2. The van der Waals surface area contributed by atoms with Crippen LogP contribution in [0.25, 0.3) is 0 Å². The molecule has 1 saturated carbocycles. The standard InChI is InChI=1S/C16H23N/c1-11-8-9-13-15(10-11)17-14-7-5-4-6-12(14)16(13,2)3/h4-7,11,13,15,17H,8-10H2,1-3H3/t11?,13-,15+/m1/s1. The van der Waals surface area contributed by atoms with E-state index in [0.29, 0.717) is 11.5 Å². The molecule has 1 heteroatoms. The Morgan fingerprint density at radius 2 is 1.94 bits per heavy atom.